The van der Waals surface area contributed by atoms with Crippen LogP contribution in [0.3, 0.4) is 0 Å². The topological polar surface area (TPSA) is 167 Å². The Hall–Kier alpha value is -5.90. The van der Waals surface area contributed by atoms with E-state index in [1.54, 1.807) is 22.0 Å². The van der Waals surface area contributed by atoms with Crippen molar-refractivity contribution in [3.8, 4) is 33.6 Å². The number of aromatic nitrogens is 6. The zero-order valence-corrected chi connectivity index (χ0v) is 39.8. The molecular formula is C50H57ClN10O4S. The van der Waals surface area contributed by atoms with Crippen LogP contribution < -0.4 is 5.32 Å². The summed E-state index contributed by atoms with van der Waals surface area (Å²) in [6.07, 6.45) is 5.94. The third-order valence-corrected chi connectivity index (χ3v) is 15.1. The van der Waals surface area contributed by atoms with E-state index in [1.807, 2.05) is 62.1 Å². The Labute approximate surface area is 394 Å². The van der Waals surface area contributed by atoms with Gasteiger partial charge in [-0.05, 0) is 138 Å². The maximum atomic E-state index is 14.1. The minimum absolute atomic E-state index is 0.00626. The number of phenolic OH excluding ortho intramolecular Hbond substituents is 2. The van der Waals surface area contributed by atoms with Crippen molar-refractivity contribution in [3.63, 3.8) is 0 Å². The molecule has 0 radical (unpaired) electrons. The first-order chi connectivity index (χ1) is 31.9. The summed E-state index contributed by atoms with van der Waals surface area (Å²) in [6.45, 7) is 15.1. The second-order valence-electron chi connectivity index (χ2n) is 17.9. The number of phenols is 2. The third-order valence-electron chi connectivity index (χ3n) is 13.7. The molecule has 0 bridgehead atoms. The molecule has 344 valence electrons. The number of nitrogens with zero attached hydrogens (tertiary/aromatic N) is 9. The lowest BCUT2D eigenvalue weighted by atomic mass is 9.89. The van der Waals surface area contributed by atoms with Crippen LogP contribution in [0.5, 0.6) is 11.5 Å². The van der Waals surface area contributed by atoms with E-state index in [-0.39, 0.29) is 35.6 Å². The molecule has 0 spiro atoms. The number of aryl methyl sites for hydroxylation is 3. The number of amides is 2. The van der Waals surface area contributed by atoms with Gasteiger partial charge in [-0.1, -0.05) is 42.8 Å². The van der Waals surface area contributed by atoms with Crippen molar-refractivity contribution >= 4 is 40.5 Å². The number of likely N-dealkylation sites (tertiary alicyclic amines) is 2. The molecule has 0 saturated carbocycles. The van der Waals surface area contributed by atoms with E-state index < -0.39 is 6.04 Å². The van der Waals surface area contributed by atoms with Crippen LogP contribution in [0.2, 0.25) is 5.02 Å². The number of halogens is 1. The molecule has 2 amide bonds. The lowest BCUT2D eigenvalue weighted by molar-refractivity contribution is -0.133. The first-order valence-corrected chi connectivity index (χ1v) is 24.3. The summed E-state index contributed by atoms with van der Waals surface area (Å²) >= 11 is 8.01. The largest absolute Gasteiger partial charge is 0.508 e. The highest BCUT2D eigenvalue weighted by Crippen LogP contribution is 2.41. The Morgan fingerprint density at radius 3 is 2.24 bits per heavy atom. The molecule has 2 saturated heterocycles. The highest BCUT2D eigenvalue weighted by Gasteiger charge is 2.35. The van der Waals surface area contributed by atoms with Gasteiger partial charge >= 0.3 is 0 Å². The molecule has 0 aliphatic carbocycles. The van der Waals surface area contributed by atoms with Crippen molar-refractivity contribution in [1.29, 1.82) is 0 Å². The molecule has 3 aromatic heterocycles. The zero-order valence-electron chi connectivity index (χ0n) is 38.2. The van der Waals surface area contributed by atoms with Gasteiger partial charge in [0.2, 0.25) is 11.7 Å². The van der Waals surface area contributed by atoms with E-state index in [4.69, 9.17) is 16.6 Å². The maximum Gasteiger partial charge on any atom is 0.289 e. The summed E-state index contributed by atoms with van der Waals surface area (Å²) in [5.41, 5.74) is 7.02. The van der Waals surface area contributed by atoms with Gasteiger partial charge in [0.25, 0.3) is 5.91 Å². The van der Waals surface area contributed by atoms with Gasteiger partial charge in [-0.25, -0.2) is 0 Å². The van der Waals surface area contributed by atoms with E-state index in [1.165, 1.54) is 22.1 Å². The number of rotatable bonds is 12. The van der Waals surface area contributed by atoms with Gasteiger partial charge in [-0.2, -0.15) is 0 Å². The van der Waals surface area contributed by atoms with E-state index in [0.29, 0.717) is 58.3 Å². The average Bonchev–Trinajstić information content (AvgIpc) is 3.98. The van der Waals surface area contributed by atoms with Crippen LogP contribution in [0, 0.1) is 32.6 Å². The highest BCUT2D eigenvalue weighted by atomic mass is 35.5. The first kappa shape index (κ1) is 45.3. The number of aromatic hydroxyl groups is 2. The zero-order chi connectivity index (χ0) is 46.2. The van der Waals surface area contributed by atoms with Crippen LogP contribution in [0.25, 0.3) is 22.1 Å². The third kappa shape index (κ3) is 9.00. The minimum atomic E-state index is -0.477. The second-order valence-corrected chi connectivity index (χ2v) is 19.6. The molecule has 6 aromatic rings. The van der Waals surface area contributed by atoms with Crippen molar-refractivity contribution < 1.29 is 19.8 Å². The summed E-state index contributed by atoms with van der Waals surface area (Å²) in [7, 11) is 0. The summed E-state index contributed by atoms with van der Waals surface area (Å²) in [4.78, 5) is 38.4. The van der Waals surface area contributed by atoms with E-state index in [0.717, 1.165) is 92.5 Å². The van der Waals surface area contributed by atoms with Crippen LogP contribution in [-0.2, 0) is 17.6 Å². The summed E-state index contributed by atoms with van der Waals surface area (Å²) in [5.74, 6) is 2.62. The number of fused-ring (bicyclic) bond motifs is 3. The summed E-state index contributed by atoms with van der Waals surface area (Å²) in [6, 6.07) is 18.5. The van der Waals surface area contributed by atoms with Crippen molar-refractivity contribution in [2.45, 2.75) is 85.6 Å². The normalized spacial score (nSPS) is 17.0. The molecular weight excluding hydrogens is 872 g/mol. The molecule has 3 aliphatic heterocycles. The molecule has 2 fully saturated rings. The number of piperidine rings is 2. The fourth-order valence-corrected chi connectivity index (χ4v) is 11.2. The quantitative estimate of drug-likeness (QED) is 0.109. The molecule has 16 heteroatoms. The first-order valence-electron chi connectivity index (χ1n) is 23.1. The van der Waals surface area contributed by atoms with Crippen molar-refractivity contribution in [2.24, 2.45) is 16.8 Å². The summed E-state index contributed by atoms with van der Waals surface area (Å²) in [5, 5.41) is 43.3. The standard InChI is InChI=1S/C50H57ClN10O4S/c1-6-35-25-39(42(63)27-41(35)62)46-55-57-48(49(65)52-7-2)61(46)38-14-8-32(9-15-38)24-33-16-20-58(21-17-33)28-34-18-22-59(23-19-34)43(64)26-40-47-56-54-31(5)60(47)50-44(29(3)30(4)66-50)45(53-40)36-10-12-37(51)13-11-36/h8-15,25,27,33-34,40,62-63H,6-7,16-24,26,28H2,1-5H3,(H,52,65)/t40-/m0/s1. The number of hydrogen-bond donors (Lipinski definition) is 3. The van der Waals surface area contributed by atoms with Gasteiger partial charge in [0.15, 0.2) is 11.6 Å². The number of carbonyl (C=O) groups excluding carboxylic acids is 2. The van der Waals surface area contributed by atoms with E-state index in [2.05, 4.69) is 61.2 Å². The molecule has 6 heterocycles. The molecule has 1 atom stereocenters. The van der Waals surface area contributed by atoms with Gasteiger partial charge in [0.1, 0.15) is 28.4 Å². The second kappa shape index (κ2) is 19.1. The Bertz CT molecular complexity index is 2780. The van der Waals surface area contributed by atoms with Crippen LogP contribution in [0.1, 0.15) is 107 Å². The lowest BCUT2D eigenvalue weighted by Crippen LogP contribution is -2.43. The Morgan fingerprint density at radius 1 is 0.833 bits per heavy atom. The number of nitrogens with one attached hydrogen (secondary N) is 1. The smallest absolute Gasteiger partial charge is 0.289 e. The van der Waals surface area contributed by atoms with E-state index >= 15 is 0 Å². The van der Waals surface area contributed by atoms with Gasteiger partial charge in [0.05, 0.1) is 17.7 Å². The number of aliphatic imine (C=N–C) groups is 1. The van der Waals surface area contributed by atoms with E-state index in [9.17, 15) is 19.8 Å². The molecule has 0 unspecified atom stereocenters. The fourth-order valence-electron chi connectivity index (χ4n) is 9.82. The molecule has 9 rings (SSSR count). The predicted molar refractivity (Wildman–Crippen MR) is 258 cm³/mol. The number of benzene rings is 3. The van der Waals surface area contributed by atoms with Gasteiger partial charge in [0, 0.05) is 59.0 Å². The van der Waals surface area contributed by atoms with Crippen LogP contribution in [0.4, 0.5) is 0 Å². The average molecular weight is 930 g/mol. The number of hydrogen-bond acceptors (Lipinski definition) is 11. The SMILES string of the molecule is CCNC(=O)c1nnc(-c2cc(CC)c(O)cc2O)n1-c1ccc(CC2CCN(CC3CCN(C(=O)C[C@@H]4N=C(c5ccc(Cl)cc5)c5c(sc(C)c5C)-n5c(C)nnc54)CC3)CC2)cc1. The maximum absolute atomic E-state index is 14.1. The number of carbonyl (C=O) groups is 2. The predicted octanol–water partition coefficient (Wildman–Crippen LogP) is 8.35. The minimum Gasteiger partial charge on any atom is -0.508 e. The van der Waals surface area contributed by atoms with Gasteiger partial charge < -0.3 is 25.3 Å². The fraction of sp³-hybridized carbons (Fsp3) is 0.420. The van der Waals surface area contributed by atoms with Crippen LogP contribution in [0.15, 0.2) is 65.7 Å². The van der Waals surface area contributed by atoms with Crippen LogP contribution >= 0.6 is 22.9 Å². The Kier molecular flexibility index (Phi) is 13.1. The summed E-state index contributed by atoms with van der Waals surface area (Å²) < 4.78 is 3.77. The van der Waals surface area contributed by atoms with Crippen molar-refractivity contribution in [1.82, 2.24) is 44.6 Å². The molecule has 14 nitrogen and oxygen atoms in total. The molecule has 3 aromatic carbocycles. The molecule has 66 heavy (non-hydrogen) atoms. The number of thiophene rings is 1. The Balaban J connectivity index is 0.801. The monoisotopic (exact) mass is 928 g/mol. The molecule has 3 N–H and O–H groups in total. The van der Waals surface area contributed by atoms with Crippen molar-refractivity contribution in [3.05, 3.63) is 116 Å². The Morgan fingerprint density at radius 2 is 1.55 bits per heavy atom. The highest BCUT2D eigenvalue weighted by molar-refractivity contribution is 7.15. The van der Waals surface area contributed by atoms with Crippen molar-refractivity contribution in [2.75, 3.05) is 39.3 Å². The lowest BCUT2D eigenvalue weighted by Gasteiger charge is -2.38. The van der Waals surface area contributed by atoms with Gasteiger partial charge in [-0.15, -0.1) is 31.7 Å². The molecule has 3 aliphatic rings. The van der Waals surface area contributed by atoms with Crippen LogP contribution in [-0.4, -0.2) is 106 Å². The van der Waals surface area contributed by atoms with Gasteiger partial charge in [-0.3, -0.25) is 23.7 Å².